The molecule has 0 bridgehead atoms. The number of nitrogens with one attached hydrogen (secondary N) is 2. The molecule has 4 rings (SSSR count). The molecule has 0 fully saturated rings. The number of hydrogen-bond donors (Lipinski definition) is 2. The average Bonchev–Trinajstić information content (AvgIpc) is 3.23. The number of aromatic amines is 1. The Morgan fingerprint density at radius 3 is 2.69 bits per heavy atom. The monoisotopic (exact) mass is 409 g/mol. The summed E-state index contributed by atoms with van der Waals surface area (Å²) in [5.74, 6) is -0.833. The highest BCUT2D eigenvalue weighted by atomic mass is 32.1. The minimum absolute atomic E-state index is 0.0302. The summed E-state index contributed by atoms with van der Waals surface area (Å²) in [6.07, 6.45) is 0. The molecule has 0 atom stereocenters. The summed E-state index contributed by atoms with van der Waals surface area (Å²) in [5.41, 5.74) is -0.0531. The van der Waals surface area contributed by atoms with Crippen LogP contribution >= 0.6 is 11.3 Å². The molecule has 0 saturated heterocycles. The first-order chi connectivity index (χ1) is 14.0. The third-order valence-electron chi connectivity index (χ3n) is 4.54. The lowest BCUT2D eigenvalue weighted by Gasteiger charge is -2.08. The Bertz CT molecular complexity index is 1310. The maximum Gasteiger partial charge on any atom is 0.329 e. The van der Waals surface area contributed by atoms with Crippen LogP contribution in [-0.2, 0) is 13.1 Å². The van der Waals surface area contributed by atoms with Crippen molar-refractivity contribution in [2.75, 3.05) is 0 Å². The SMILES string of the molecule is O=C(NCc1ccccc1F)c1ccc2c(=O)n(Cc3cccs3)c(=O)[nH]c2c1. The van der Waals surface area contributed by atoms with E-state index < -0.39 is 23.0 Å². The Hall–Kier alpha value is -3.52. The highest BCUT2D eigenvalue weighted by molar-refractivity contribution is 7.09. The summed E-state index contributed by atoms with van der Waals surface area (Å²) >= 11 is 1.46. The van der Waals surface area contributed by atoms with Gasteiger partial charge in [-0.15, -0.1) is 11.3 Å². The van der Waals surface area contributed by atoms with Crippen LogP contribution in [0, 0.1) is 5.82 Å². The van der Waals surface area contributed by atoms with Crippen molar-refractivity contribution < 1.29 is 9.18 Å². The number of nitrogens with zero attached hydrogens (tertiary/aromatic N) is 1. The second kappa shape index (κ2) is 7.84. The standard InChI is InChI=1S/C21H16FN3O3S/c22-17-6-2-1-4-14(17)11-23-19(26)13-7-8-16-18(10-13)24-21(28)25(20(16)27)12-15-5-3-9-29-15/h1-10H,11-12H2,(H,23,26)(H,24,28). The van der Waals surface area contributed by atoms with Gasteiger partial charge in [0.05, 0.1) is 17.4 Å². The van der Waals surface area contributed by atoms with E-state index in [2.05, 4.69) is 10.3 Å². The summed E-state index contributed by atoms with van der Waals surface area (Å²) < 4.78 is 14.8. The average molecular weight is 409 g/mol. The van der Waals surface area contributed by atoms with Crippen molar-refractivity contribution in [3.63, 3.8) is 0 Å². The number of H-pyrrole nitrogens is 1. The fourth-order valence-electron chi connectivity index (χ4n) is 3.02. The molecule has 0 spiro atoms. The van der Waals surface area contributed by atoms with Crippen molar-refractivity contribution in [3.8, 4) is 0 Å². The summed E-state index contributed by atoms with van der Waals surface area (Å²) in [6, 6.07) is 14.3. The molecule has 29 heavy (non-hydrogen) atoms. The summed E-state index contributed by atoms with van der Waals surface area (Å²) in [4.78, 5) is 41.1. The number of benzene rings is 2. The van der Waals surface area contributed by atoms with Crippen molar-refractivity contribution in [1.29, 1.82) is 0 Å². The molecule has 2 N–H and O–H groups in total. The van der Waals surface area contributed by atoms with Gasteiger partial charge in [0, 0.05) is 22.5 Å². The third kappa shape index (κ3) is 3.88. The van der Waals surface area contributed by atoms with E-state index in [-0.39, 0.29) is 24.2 Å². The fraction of sp³-hybridized carbons (Fsp3) is 0.0952. The minimum Gasteiger partial charge on any atom is -0.348 e. The zero-order valence-corrected chi connectivity index (χ0v) is 16.0. The topological polar surface area (TPSA) is 84.0 Å². The lowest BCUT2D eigenvalue weighted by molar-refractivity contribution is 0.0950. The molecule has 1 amide bonds. The van der Waals surface area contributed by atoms with E-state index >= 15 is 0 Å². The Kier molecular flexibility index (Phi) is 5.09. The molecule has 8 heteroatoms. The number of carbonyl (C=O) groups excluding carboxylic acids is 1. The normalized spacial score (nSPS) is 10.9. The highest BCUT2D eigenvalue weighted by Gasteiger charge is 2.12. The summed E-state index contributed by atoms with van der Waals surface area (Å²) in [6.45, 7) is 0.217. The number of amides is 1. The summed E-state index contributed by atoms with van der Waals surface area (Å²) in [5, 5.41) is 4.83. The molecule has 6 nitrogen and oxygen atoms in total. The molecule has 2 aromatic heterocycles. The number of rotatable bonds is 5. The molecule has 4 aromatic rings. The third-order valence-corrected chi connectivity index (χ3v) is 5.40. The van der Waals surface area contributed by atoms with E-state index in [0.717, 1.165) is 9.44 Å². The van der Waals surface area contributed by atoms with E-state index in [1.165, 1.54) is 35.6 Å². The first-order valence-electron chi connectivity index (χ1n) is 8.84. The van der Waals surface area contributed by atoms with Crippen LogP contribution in [0.3, 0.4) is 0 Å². The van der Waals surface area contributed by atoms with E-state index in [9.17, 15) is 18.8 Å². The molecule has 0 aliphatic heterocycles. The highest BCUT2D eigenvalue weighted by Crippen LogP contribution is 2.12. The Labute approximate surface area is 168 Å². The Balaban J connectivity index is 1.61. The lowest BCUT2D eigenvalue weighted by Crippen LogP contribution is -2.35. The molecule has 0 saturated carbocycles. The van der Waals surface area contributed by atoms with Gasteiger partial charge in [-0.05, 0) is 35.7 Å². The van der Waals surface area contributed by atoms with Crippen LogP contribution < -0.4 is 16.6 Å². The fourth-order valence-corrected chi connectivity index (χ4v) is 3.71. The predicted octanol–water partition coefficient (Wildman–Crippen LogP) is 2.87. The molecular formula is C21H16FN3O3S. The number of fused-ring (bicyclic) bond motifs is 1. The maximum absolute atomic E-state index is 13.7. The van der Waals surface area contributed by atoms with Crippen LogP contribution in [0.5, 0.6) is 0 Å². The van der Waals surface area contributed by atoms with Gasteiger partial charge in [0.15, 0.2) is 0 Å². The van der Waals surface area contributed by atoms with Crippen molar-refractivity contribution in [2.24, 2.45) is 0 Å². The largest absolute Gasteiger partial charge is 0.348 e. The van der Waals surface area contributed by atoms with Crippen LogP contribution in [0.25, 0.3) is 10.9 Å². The van der Waals surface area contributed by atoms with Crippen molar-refractivity contribution in [1.82, 2.24) is 14.9 Å². The van der Waals surface area contributed by atoms with Crippen LogP contribution in [0.15, 0.2) is 69.6 Å². The number of aromatic nitrogens is 2. The molecular weight excluding hydrogens is 393 g/mol. The van der Waals surface area contributed by atoms with Gasteiger partial charge in [0.2, 0.25) is 0 Å². The van der Waals surface area contributed by atoms with E-state index in [1.807, 2.05) is 17.5 Å². The second-order valence-corrected chi connectivity index (χ2v) is 7.47. The predicted molar refractivity (Wildman–Crippen MR) is 110 cm³/mol. The van der Waals surface area contributed by atoms with Gasteiger partial charge in [-0.3, -0.25) is 14.2 Å². The van der Waals surface area contributed by atoms with Gasteiger partial charge in [0.1, 0.15) is 5.82 Å². The molecule has 2 heterocycles. The van der Waals surface area contributed by atoms with Crippen LogP contribution in [0.1, 0.15) is 20.8 Å². The van der Waals surface area contributed by atoms with Gasteiger partial charge >= 0.3 is 5.69 Å². The molecule has 146 valence electrons. The Morgan fingerprint density at radius 1 is 1.10 bits per heavy atom. The van der Waals surface area contributed by atoms with Gasteiger partial charge < -0.3 is 10.3 Å². The lowest BCUT2D eigenvalue weighted by atomic mass is 10.1. The number of carbonyl (C=O) groups is 1. The zero-order valence-electron chi connectivity index (χ0n) is 15.1. The van der Waals surface area contributed by atoms with E-state index in [4.69, 9.17) is 0 Å². The van der Waals surface area contributed by atoms with Crippen molar-refractivity contribution in [2.45, 2.75) is 13.1 Å². The molecule has 0 unspecified atom stereocenters. The number of hydrogen-bond acceptors (Lipinski definition) is 4. The van der Waals surface area contributed by atoms with Crippen LogP contribution in [0.2, 0.25) is 0 Å². The number of thiophene rings is 1. The minimum atomic E-state index is -0.542. The van der Waals surface area contributed by atoms with Crippen LogP contribution in [0.4, 0.5) is 4.39 Å². The van der Waals surface area contributed by atoms with Gasteiger partial charge in [0.25, 0.3) is 11.5 Å². The van der Waals surface area contributed by atoms with Crippen LogP contribution in [-0.4, -0.2) is 15.5 Å². The zero-order chi connectivity index (χ0) is 20.4. The molecule has 0 aliphatic carbocycles. The van der Waals surface area contributed by atoms with Gasteiger partial charge in [-0.25, -0.2) is 9.18 Å². The van der Waals surface area contributed by atoms with E-state index in [0.29, 0.717) is 10.9 Å². The first-order valence-corrected chi connectivity index (χ1v) is 9.72. The van der Waals surface area contributed by atoms with Gasteiger partial charge in [-0.1, -0.05) is 24.3 Å². The second-order valence-electron chi connectivity index (χ2n) is 6.44. The van der Waals surface area contributed by atoms with Crippen molar-refractivity contribution in [3.05, 3.63) is 103 Å². The Morgan fingerprint density at radius 2 is 1.93 bits per heavy atom. The quantitative estimate of drug-likeness (QED) is 0.532. The molecule has 0 radical (unpaired) electrons. The van der Waals surface area contributed by atoms with Crippen molar-refractivity contribution >= 4 is 28.1 Å². The molecule has 0 aliphatic rings. The smallest absolute Gasteiger partial charge is 0.329 e. The van der Waals surface area contributed by atoms with Gasteiger partial charge in [-0.2, -0.15) is 0 Å². The number of halogens is 1. The van der Waals surface area contributed by atoms with E-state index in [1.54, 1.807) is 18.2 Å². The summed E-state index contributed by atoms with van der Waals surface area (Å²) in [7, 11) is 0. The maximum atomic E-state index is 13.7. The first kappa shape index (κ1) is 18.8. The molecule has 2 aromatic carbocycles.